The molecular weight excluding hydrogens is 212 g/mol. The van der Waals surface area contributed by atoms with Crippen molar-refractivity contribution in [2.75, 3.05) is 44.5 Å². The lowest BCUT2D eigenvalue weighted by Gasteiger charge is -2.09. The quantitative estimate of drug-likeness (QED) is 0.540. The Morgan fingerprint density at radius 1 is 1.44 bits per heavy atom. The van der Waals surface area contributed by atoms with E-state index in [1.807, 2.05) is 0 Å². The number of aromatic nitrogens is 2. The standard InChI is InChI=1S/C9H16N4O3/c1-15-9-7(10)8(12-6-13-9)11-2-4-16-5-3-14/h6,14H,2-5,10H2,1H3,(H,11,12,13). The summed E-state index contributed by atoms with van der Waals surface area (Å²) in [7, 11) is 1.49. The molecule has 7 nitrogen and oxygen atoms in total. The van der Waals surface area contributed by atoms with Crippen LogP contribution in [-0.2, 0) is 4.74 Å². The molecule has 0 spiro atoms. The number of ether oxygens (including phenoxy) is 2. The number of methoxy groups -OCH3 is 1. The van der Waals surface area contributed by atoms with Crippen LogP contribution in [0.5, 0.6) is 5.88 Å². The molecule has 0 unspecified atom stereocenters. The van der Waals surface area contributed by atoms with Gasteiger partial charge < -0.3 is 25.6 Å². The number of aliphatic hydroxyl groups excluding tert-OH is 1. The van der Waals surface area contributed by atoms with E-state index in [0.717, 1.165) is 0 Å². The monoisotopic (exact) mass is 228 g/mol. The average molecular weight is 228 g/mol. The summed E-state index contributed by atoms with van der Waals surface area (Å²) < 4.78 is 10.0. The minimum atomic E-state index is 0.0173. The molecule has 0 saturated carbocycles. The van der Waals surface area contributed by atoms with Crippen LogP contribution in [0.4, 0.5) is 11.5 Å². The fraction of sp³-hybridized carbons (Fsp3) is 0.556. The Hall–Kier alpha value is -1.60. The van der Waals surface area contributed by atoms with E-state index in [1.54, 1.807) is 0 Å². The van der Waals surface area contributed by atoms with Gasteiger partial charge in [-0.1, -0.05) is 0 Å². The van der Waals surface area contributed by atoms with E-state index in [0.29, 0.717) is 37.1 Å². The minimum absolute atomic E-state index is 0.0173. The average Bonchev–Trinajstić information content (AvgIpc) is 2.31. The summed E-state index contributed by atoms with van der Waals surface area (Å²) in [6, 6.07) is 0. The van der Waals surface area contributed by atoms with Crippen LogP contribution in [0.1, 0.15) is 0 Å². The van der Waals surface area contributed by atoms with Gasteiger partial charge in [0.25, 0.3) is 0 Å². The maximum Gasteiger partial charge on any atom is 0.242 e. The zero-order chi connectivity index (χ0) is 11.8. The van der Waals surface area contributed by atoms with E-state index >= 15 is 0 Å². The van der Waals surface area contributed by atoms with Gasteiger partial charge in [0.05, 0.1) is 26.9 Å². The minimum Gasteiger partial charge on any atom is -0.479 e. The first-order valence-corrected chi connectivity index (χ1v) is 4.86. The van der Waals surface area contributed by atoms with E-state index in [9.17, 15) is 0 Å². The number of aliphatic hydroxyl groups is 1. The molecule has 0 fully saturated rings. The second kappa shape index (κ2) is 6.81. The van der Waals surface area contributed by atoms with Gasteiger partial charge in [0.1, 0.15) is 12.0 Å². The van der Waals surface area contributed by atoms with Crippen molar-refractivity contribution in [3.05, 3.63) is 6.33 Å². The predicted octanol–water partition coefficient (Wildman–Crippen LogP) is -0.512. The van der Waals surface area contributed by atoms with Crippen molar-refractivity contribution in [1.29, 1.82) is 0 Å². The molecule has 0 radical (unpaired) electrons. The molecule has 7 heteroatoms. The Morgan fingerprint density at radius 2 is 2.25 bits per heavy atom. The van der Waals surface area contributed by atoms with Crippen molar-refractivity contribution < 1.29 is 14.6 Å². The zero-order valence-electron chi connectivity index (χ0n) is 9.14. The van der Waals surface area contributed by atoms with Crippen molar-refractivity contribution in [3.63, 3.8) is 0 Å². The third kappa shape index (κ3) is 3.52. The fourth-order valence-electron chi connectivity index (χ4n) is 1.09. The number of rotatable bonds is 7. The molecule has 1 heterocycles. The van der Waals surface area contributed by atoms with Crippen molar-refractivity contribution in [3.8, 4) is 5.88 Å². The Morgan fingerprint density at radius 3 is 2.94 bits per heavy atom. The van der Waals surface area contributed by atoms with Gasteiger partial charge in [0.15, 0.2) is 5.82 Å². The zero-order valence-corrected chi connectivity index (χ0v) is 9.14. The molecule has 0 bridgehead atoms. The number of anilines is 2. The number of nitrogen functional groups attached to an aromatic ring is 1. The number of nitrogens with two attached hydrogens (primary N) is 1. The van der Waals surface area contributed by atoms with Crippen LogP contribution >= 0.6 is 0 Å². The first-order valence-electron chi connectivity index (χ1n) is 4.86. The third-order valence-electron chi connectivity index (χ3n) is 1.82. The summed E-state index contributed by atoms with van der Waals surface area (Å²) in [5, 5.41) is 11.5. The highest BCUT2D eigenvalue weighted by atomic mass is 16.5. The Bertz CT molecular complexity index is 322. The summed E-state index contributed by atoms with van der Waals surface area (Å²) in [4.78, 5) is 7.82. The van der Waals surface area contributed by atoms with Gasteiger partial charge in [-0.05, 0) is 0 Å². The van der Waals surface area contributed by atoms with Crippen molar-refractivity contribution in [1.82, 2.24) is 9.97 Å². The smallest absolute Gasteiger partial charge is 0.242 e. The summed E-state index contributed by atoms with van der Waals surface area (Å²) in [6.45, 7) is 1.35. The van der Waals surface area contributed by atoms with Gasteiger partial charge in [-0.2, -0.15) is 4.98 Å². The molecule has 0 aromatic carbocycles. The number of hydrogen-bond acceptors (Lipinski definition) is 7. The van der Waals surface area contributed by atoms with E-state index in [1.165, 1.54) is 13.4 Å². The predicted molar refractivity (Wildman–Crippen MR) is 59.4 cm³/mol. The van der Waals surface area contributed by atoms with Crippen LogP contribution in [-0.4, -0.2) is 48.5 Å². The summed E-state index contributed by atoms with van der Waals surface area (Å²) >= 11 is 0. The van der Waals surface area contributed by atoms with Gasteiger partial charge in [0, 0.05) is 6.54 Å². The second-order valence-corrected chi connectivity index (χ2v) is 2.91. The molecule has 0 aliphatic carbocycles. The van der Waals surface area contributed by atoms with Crippen LogP contribution < -0.4 is 15.8 Å². The maximum atomic E-state index is 8.49. The van der Waals surface area contributed by atoms with Gasteiger partial charge >= 0.3 is 0 Å². The number of nitrogens with one attached hydrogen (secondary N) is 1. The second-order valence-electron chi connectivity index (χ2n) is 2.91. The van der Waals surface area contributed by atoms with Crippen molar-refractivity contribution in [2.45, 2.75) is 0 Å². The van der Waals surface area contributed by atoms with Crippen LogP contribution in [0, 0.1) is 0 Å². The van der Waals surface area contributed by atoms with Gasteiger partial charge in [0.2, 0.25) is 5.88 Å². The summed E-state index contributed by atoms with van der Waals surface area (Å²) in [5.74, 6) is 0.855. The normalized spacial score (nSPS) is 10.1. The lowest BCUT2D eigenvalue weighted by molar-refractivity contribution is 0.0992. The van der Waals surface area contributed by atoms with E-state index in [2.05, 4.69) is 15.3 Å². The highest BCUT2D eigenvalue weighted by molar-refractivity contribution is 5.66. The lowest BCUT2D eigenvalue weighted by Crippen LogP contribution is -2.13. The SMILES string of the molecule is COc1ncnc(NCCOCCO)c1N. The van der Waals surface area contributed by atoms with E-state index in [4.69, 9.17) is 20.3 Å². The van der Waals surface area contributed by atoms with E-state index in [-0.39, 0.29) is 6.61 Å². The number of hydrogen-bond donors (Lipinski definition) is 3. The Balaban J connectivity index is 2.41. The molecule has 4 N–H and O–H groups in total. The largest absolute Gasteiger partial charge is 0.479 e. The lowest BCUT2D eigenvalue weighted by atomic mass is 10.4. The topological polar surface area (TPSA) is 103 Å². The molecule has 0 aliphatic heterocycles. The molecule has 0 saturated heterocycles. The molecule has 0 atom stereocenters. The third-order valence-corrected chi connectivity index (χ3v) is 1.82. The molecule has 0 aliphatic rings. The van der Waals surface area contributed by atoms with Crippen LogP contribution in [0.2, 0.25) is 0 Å². The fourth-order valence-corrected chi connectivity index (χ4v) is 1.09. The first kappa shape index (κ1) is 12.5. The first-order chi connectivity index (χ1) is 7.79. The number of nitrogens with zero attached hydrogens (tertiary/aromatic N) is 2. The van der Waals surface area contributed by atoms with Gasteiger partial charge in [-0.3, -0.25) is 0 Å². The molecule has 1 aromatic rings. The molecule has 16 heavy (non-hydrogen) atoms. The van der Waals surface area contributed by atoms with Crippen molar-refractivity contribution >= 4 is 11.5 Å². The van der Waals surface area contributed by atoms with Crippen LogP contribution in [0.3, 0.4) is 0 Å². The molecule has 90 valence electrons. The maximum absolute atomic E-state index is 8.49. The van der Waals surface area contributed by atoms with Crippen LogP contribution in [0.15, 0.2) is 6.33 Å². The van der Waals surface area contributed by atoms with E-state index < -0.39 is 0 Å². The van der Waals surface area contributed by atoms with Crippen molar-refractivity contribution in [2.24, 2.45) is 0 Å². The summed E-state index contributed by atoms with van der Waals surface area (Å²) in [6.07, 6.45) is 1.37. The van der Waals surface area contributed by atoms with Gasteiger partial charge in [-0.25, -0.2) is 4.98 Å². The summed E-state index contributed by atoms with van der Waals surface area (Å²) in [5.41, 5.74) is 6.11. The molecule has 1 rings (SSSR count). The Kier molecular flexibility index (Phi) is 5.30. The van der Waals surface area contributed by atoms with Gasteiger partial charge in [-0.15, -0.1) is 0 Å². The Labute approximate surface area is 93.6 Å². The van der Waals surface area contributed by atoms with Crippen LogP contribution in [0.25, 0.3) is 0 Å². The molecule has 0 amide bonds. The highest BCUT2D eigenvalue weighted by Crippen LogP contribution is 2.23. The highest BCUT2D eigenvalue weighted by Gasteiger charge is 2.06. The molecular formula is C9H16N4O3. The molecule has 1 aromatic heterocycles.